The van der Waals surface area contributed by atoms with Crippen LogP contribution < -0.4 is 5.32 Å². The maximum atomic E-state index is 12.5. The number of amides is 1. The fourth-order valence-electron chi connectivity index (χ4n) is 1.84. The highest BCUT2D eigenvalue weighted by Crippen LogP contribution is 2.20. The van der Waals surface area contributed by atoms with Crippen LogP contribution in [0.3, 0.4) is 0 Å². The van der Waals surface area contributed by atoms with Gasteiger partial charge in [0, 0.05) is 25.3 Å². The summed E-state index contributed by atoms with van der Waals surface area (Å²) in [5.41, 5.74) is 2.79. The van der Waals surface area contributed by atoms with Gasteiger partial charge in [-0.25, -0.2) is 0 Å². The Morgan fingerprint density at radius 2 is 2.06 bits per heavy atom. The number of benzene rings is 1. The van der Waals surface area contributed by atoms with Gasteiger partial charge < -0.3 is 10.2 Å². The molecule has 0 aliphatic carbocycles. The molecule has 0 aliphatic rings. The Morgan fingerprint density at radius 1 is 1.39 bits per heavy atom. The van der Waals surface area contributed by atoms with Crippen LogP contribution in [-0.4, -0.2) is 30.4 Å². The van der Waals surface area contributed by atoms with Crippen molar-refractivity contribution >= 4 is 11.6 Å². The normalized spacial score (nSPS) is 12.1. The molecule has 1 atom stereocenters. The van der Waals surface area contributed by atoms with E-state index in [0.29, 0.717) is 0 Å². The standard InChI is InChI=1S/C15H24N2O/c1-6-12(4)17(5)15(18)13-10-11(3)8-9-14(13)16-7-2/h8-10,12,16H,6-7H2,1-5H3. The molecular formula is C15H24N2O. The highest BCUT2D eigenvalue weighted by molar-refractivity contribution is 5.99. The van der Waals surface area contributed by atoms with E-state index in [9.17, 15) is 4.79 Å². The highest BCUT2D eigenvalue weighted by atomic mass is 16.2. The van der Waals surface area contributed by atoms with E-state index in [0.717, 1.165) is 29.8 Å². The Hall–Kier alpha value is -1.51. The Morgan fingerprint density at radius 3 is 2.61 bits per heavy atom. The van der Waals surface area contributed by atoms with Crippen molar-refractivity contribution in [2.24, 2.45) is 0 Å². The van der Waals surface area contributed by atoms with Crippen LogP contribution in [0.2, 0.25) is 0 Å². The summed E-state index contributed by atoms with van der Waals surface area (Å²) in [4.78, 5) is 14.3. The molecule has 0 heterocycles. The predicted molar refractivity (Wildman–Crippen MR) is 77.2 cm³/mol. The number of rotatable bonds is 5. The Labute approximate surface area is 110 Å². The summed E-state index contributed by atoms with van der Waals surface area (Å²) in [6.45, 7) is 9.02. The summed E-state index contributed by atoms with van der Waals surface area (Å²) in [5.74, 6) is 0.0870. The number of hydrogen-bond donors (Lipinski definition) is 1. The average Bonchev–Trinajstić information content (AvgIpc) is 2.38. The number of carbonyl (C=O) groups excluding carboxylic acids is 1. The molecule has 1 N–H and O–H groups in total. The maximum absolute atomic E-state index is 12.5. The molecule has 100 valence electrons. The Bertz CT molecular complexity index is 415. The van der Waals surface area contributed by atoms with Gasteiger partial charge in [-0.1, -0.05) is 18.6 Å². The molecule has 0 fully saturated rings. The molecule has 0 saturated heterocycles. The number of nitrogens with one attached hydrogen (secondary N) is 1. The van der Waals surface area contributed by atoms with Crippen molar-refractivity contribution in [2.45, 2.75) is 40.2 Å². The Balaban J connectivity index is 3.06. The minimum Gasteiger partial charge on any atom is -0.385 e. The minimum absolute atomic E-state index is 0.0870. The summed E-state index contributed by atoms with van der Waals surface area (Å²) in [6.07, 6.45) is 0.963. The zero-order chi connectivity index (χ0) is 13.7. The quantitative estimate of drug-likeness (QED) is 0.867. The van der Waals surface area contributed by atoms with Gasteiger partial charge in [0.2, 0.25) is 0 Å². The van der Waals surface area contributed by atoms with Gasteiger partial charge >= 0.3 is 0 Å². The first-order valence-electron chi connectivity index (χ1n) is 6.62. The van der Waals surface area contributed by atoms with Crippen molar-refractivity contribution < 1.29 is 4.79 Å². The smallest absolute Gasteiger partial charge is 0.255 e. The SMILES string of the molecule is CCNc1ccc(C)cc1C(=O)N(C)C(C)CC. The van der Waals surface area contributed by atoms with Gasteiger partial charge in [0.1, 0.15) is 0 Å². The van der Waals surface area contributed by atoms with E-state index in [-0.39, 0.29) is 11.9 Å². The van der Waals surface area contributed by atoms with E-state index >= 15 is 0 Å². The summed E-state index contributed by atoms with van der Waals surface area (Å²) >= 11 is 0. The molecule has 0 saturated carbocycles. The van der Waals surface area contributed by atoms with Crippen molar-refractivity contribution in [1.29, 1.82) is 0 Å². The lowest BCUT2D eigenvalue weighted by atomic mass is 10.1. The van der Waals surface area contributed by atoms with Crippen LogP contribution in [0.25, 0.3) is 0 Å². The molecule has 0 bridgehead atoms. The van der Waals surface area contributed by atoms with Gasteiger partial charge in [-0.3, -0.25) is 4.79 Å². The third-order valence-electron chi connectivity index (χ3n) is 3.35. The molecule has 0 aliphatic heterocycles. The number of nitrogens with zero attached hydrogens (tertiary/aromatic N) is 1. The molecule has 0 spiro atoms. The number of carbonyl (C=O) groups is 1. The lowest BCUT2D eigenvalue weighted by Crippen LogP contribution is -2.35. The van der Waals surface area contributed by atoms with Crippen LogP contribution in [0.1, 0.15) is 43.1 Å². The van der Waals surface area contributed by atoms with Gasteiger partial charge in [-0.05, 0) is 39.3 Å². The van der Waals surface area contributed by atoms with E-state index in [1.165, 1.54) is 0 Å². The van der Waals surface area contributed by atoms with Crippen molar-refractivity contribution in [3.63, 3.8) is 0 Å². The molecule has 1 rings (SSSR count). The molecule has 1 amide bonds. The first-order chi connectivity index (χ1) is 8.51. The third kappa shape index (κ3) is 3.25. The topological polar surface area (TPSA) is 32.3 Å². The van der Waals surface area contributed by atoms with Crippen LogP contribution in [-0.2, 0) is 0 Å². The molecule has 18 heavy (non-hydrogen) atoms. The fourth-order valence-corrected chi connectivity index (χ4v) is 1.84. The summed E-state index contributed by atoms with van der Waals surface area (Å²) in [5, 5.41) is 3.25. The minimum atomic E-state index is 0.0870. The first kappa shape index (κ1) is 14.6. The summed E-state index contributed by atoms with van der Waals surface area (Å²) in [6, 6.07) is 6.22. The molecule has 1 unspecified atom stereocenters. The zero-order valence-electron chi connectivity index (χ0n) is 12.1. The predicted octanol–water partition coefficient (Wildman–Crippen LogP) is 3.30. The van der Waals surface area contributed by atoms with Crippen molar-refractivity contribution in [2.75, 3.05) is 18.9 Å². The van der Waals surface area contributed by atoms with Gasteiger partial charge in [0.15, 0.2) is 0 Å². The van der Waals surface area contributed by atoms with Crippen molar-refractivity contribution in [3.8, 4) is 0 Å². The molecule has 1 aromatic carbocycles. The van der Waals surface area contributed by atoms with E-state index < -0.39 is 0 Å². The van der Waals surface area contributed by atoms with Gasteiger partial charge in [-0.15, -0.1) is 0 Å². The number of anilines is 1. The van der Waals surface area contributed by atoms with Crippen molar-refractivity contribution in [3.05, 3.63) is 29.3 Å². The van der Waals surface area contributed by atoms with Crippen LogP contribution in [0.15, 0.2) is 18.2 Å². The van der Waals surface area contributed by atoms with Crippen LogP contribution in [0.4, 0.5) is 5.69 Å². The first-order valence-corrected chi connectivity index (χ1v) is 6.62. The fraction of sp³-hybridized carbons (Fsp3) is 0.533. The van der Waals surface area contributed by atoms with Crippen LogP contribution in [0.5, 0.6) is 0 Å². The lowest BCUT2D eigenvalue weighted by Gasteiger charge is -2.25. The van der Waals surface area contributed by atoms with E-state index in [1.807, 2.05) is 44.0 Å². The average molecular weight is 248 g/mol. The van der Waals surface area contributed by atoms with Crippen molar-refractivity contribution in [1.82, 2.24) is 4.90 Å². The molecule has 1 aromatic rings. The van der Waals surface area contributed by atoms with Crippen LogP contribution in [0, 0.1) is 6.92 Å². The zero-order valence-corrected chi connectivity index (χ0v) is 12.1. The molecular weight excluding hydrogens is 224 g/mol. The third-order valence-corrected chi connectivity index (χ3v) is 3.35. The molecule has 3 nitrogen and oxygen atoms in total. The highest BCUT2D eigenvalue weighted by Gasteiger charge is 2.19. The van der Waals surface area contributed by atoms with E-state index in [1.54, 1.807) is 0 Å². The lowest BCUT2D eigenvalue weighted by molar-refractivity contribution is 0.0741. The monoisotopic (exact) mass is 248 g/mol. The molecule has 0 aromatic heterocycles. The summed E-state index contributed by atoms with van der Waals surface area (Å²) < 4.78 is 0. The van der Waals surface area contributed by atoms with E-state index in [2.05, 4.69) is 19.2 Å². The van der Waals surface area contributed by atoms with E-state index in [4.69, 9.17) is 0 Å². The van der Waals surface area contributed by atoms with Gasteiger partial charge in [-0.2, -0.15) is 0 Å². The second-order valence-electron chi connectivity index (χ2n) is 4.75. The maximum Gasteiger partial charge on any atom is 0.255 e. The second-order valence-corrected chi connectivity index (χ2v) is 4.75. The summed E-state index contributed by atoms with van der Waals surface area (Å²) in [7, 11) is 1.87. The van der Waals surface area contributed by atoms with Gasteiger partial charge in [0.05, 0.1) is 5.56 Å². The van der Waals surface area contributed by atoms with Crippen LogP contribution >= 0.6 is 0 Å². The second kappa shape index (κ2) is 6.43. The number of aryl methyl sites for hydroxylation is 1. The van der Waals surface area contributed by atoms with Gasteiger partial charge in [0.25, 0.3) is 5.91 Å². The molecule has 0 radical (unpaired) electrons. The Kier molecular flexibility index (Phi) is 5.20. The largest absolute Gasteiger partial charge is 0.385 e. The number of hydrogen-bond acceptors (Lipinski definition) is 2. The molecule has 3 heteroatoms.